The van der Waals surface area contributed by atoms with Crippen molar-refractivity contribution in [2.24, 2.45) is 0 Å². The first-order valence-electron chi connectivity index (χ1n) is 7.04. The molecule has 0 radical (unpaired) electrons. The van der Waals surface area contributed by atoms with Crippen molar-refractivity contribution < 1.29 is 17.9 Å². The second-order valence-corrected chi connectivity index (χ2v) is 5.37. The van der Waals surface area contributed by atoms with Gasteiger partial charge in [-0.05, 0) is 30.4 Å². The van der Waals surface area contributed by atoms with Crippen molar-refractivity contribution in [1.29, 1.82) is 0 Å². The van der Waals surface area contributed by atoms with Crippen molar-refractivity contribution in [3.8, 4) is 5.88 Å². The molecule has 5 nitrogen and oxygen atoms in total. The number of hydrogen-bond acceptors (Lipinski definition) is 4. The fourth-order valence-corrected chi connectivity index (χ4v) is 2.25. The molecule has 1 saturated carbocycles. The number of aromatic nitrogens is 4. The first-order valence-corrected chi connectivity index (χ1v) is 7.04. The van der Waals surface area contributed by atoms with Gasteiger partial charge in [0, 0.05) is 12.3 Å². The van der Waals surface area contributed by atoms with Crippen LogP contribution in [-0.2, 0) is 6.54 Å². The highest BCUT2D eigenvalue weighted by molar-refractivity contribution is 5.16. The molecule has 2 aromatic rings. The average molecular weight is 312 g/mol. The van der Waals surface area contributed by atoms with E-state index in [-0.39, 0.29) is 5.88 Å². The minimum atomic E-state index is -4.38. The summed E-state index contributed by atoms with van der Waals surface area (Å²) in [5.74, 6) is 0.467. The van der Waals surface area contributed by atoms with E-state index in [1.54, 1.807) is 10.7 Å². The van der Waals surface area contributed by atoms with E-state index in [9.17, 15) is 13.2 Å². The van der Waals surface area contributed by atoms with Gasteiger partial charge in [-0.25, -0.2) is 0 Å². The molecule has 1 aliphatic rings. The van der Waals surface area contributed by atoms with Crippen LogP contribution in [0, 0.1) is 0 Å². The normalized spacial score (nSPS) is 15.6. The summed E-state index contributed by atoms with van der Waals surface area (Å²) in [4.78, 5) is 0. The van der Waals surface area contributed by atoms with Crippen molar-refractivity contribution in [2.45, 2.75) is 37.9 Å². The summed E-state index contributed by atoms with van der Waals surface area (Å²) in [6.45, 7) is -0.940. The van der Waals surface area contributed by atoms with Gasteiger partial charge < -0.3 is 4.74 Å². The Labute approximate surface area is 125 Å². The molecule has 22 heavy (non-hydrogen) atoms. The zero-order valence-corrected chi connectivity index (χ0v) is 11.8. The van der Waals surface area contributed by atoms with Gasteiger partial charge in [-0.2, -0.15) is 18.3 Å². The first kappa shape index (κ1) is 14.8. The smallest absolute Gasteiger partial charge is 0.422 e. The lowest BCUT2D eigenvalue weighted by Gasteiger charge is -2.23. The highest BCUT2D eigenvalue weighted by Gasteiger charge is 2.28. The van der Waals surface area contributed by atoms with Gasteiger partial charge in [0.05, 0.1) is 18.4 Å². The third kappa shape index (κ3) is 3.75. The van der Waals surface area contributed by atoms with Crippen molar-refractivity contribution >= 4 is 0 Å². The molecule has 0 atom stereocenters. The lowest BCUT2D eigenvalue weighted by Crippen LogP contribution is -2.19. The van der Waals surface area contributed by atoms with E-state index >= 15 is 0 Å². The van der Waals surface area contributed by atoms with Gasteiger partial charge >= 0.3 is 6.18 Å². The number of ether oxygens (including phenoxy) is 1. The molecule has 1 aliphatic carbocycles. The number of alkyl halides is 3. The molecule has 0 aliphatic heterocycles. The summed E-state index contributed by atoms with van der Waals surface area (Å²) in [6, 6.07) is 2.97. The summed E-state index contributed by atoms with van der Waals surface area (Å²) >= 11 is 0. The van der Waals surface area contributed by atoms with E-state index in [1.165, 1.54) is 30.9 Å². The molecule has 8 heteroatoms. The maximum Gasteiger partial charge on any atom is 0.422 e. The maximum atomic E-state index is 12.0. The molecule has 0 N–H and O–H groups in total. The predicted molar refractivity (Wildman–Crippen MR) is 71.5 cm³/mol. The second-order valence-electron chi connectivity index (χ2n) is 5.37. The van der Waals surface area contributed by atoms with Crippen LogP contribution in [0.25, 0.3) is 0 Å². The average Bonchev–Trinajstić information content (AvgIpc) is 2.83. The van der Waals surface area contributed by atoms with Crippen LogP contribution in [0.2, 0.25) is 0 Å². The summed E-state index contributed by atoms with van der Waals surface area (Å²) < 4.78 is 42.3. The van der Waals surface area contributed by atoms with E-state index in [0.717, 1.165) is 0 Å². The number of nitrogens with zero attached hydrogens (tertiary/aromatic N) is 4. The minimum Gasteiger partial charge on any atom is -0.467 e. The second kappa shape index (κ2) is 5.94. The van der Waals surface area contributed by atoms with Crippen LogP contribution in [0.4, 0.5) is 13.2 Å². The highest BCUT2D eigenvalue weighted by atomic mass is 19.4. The fourth-order valence-electron chi connectivity index (χ4n) is 2.25. The van der Waals surface area contributed by atoms with Crippen molar-refractivity contribution in [1.82, 2.24) is 20.0 Å². The maximum absolute atomic E-state index is 12.0. The Hall–Kier alpha value is -2.12. The monoisotopic (exact) mass is 312 g/mol. The van der Waals surface area contributed by atoms with Crippen molar-refractivity contribution in [2.75, 3.05) is 6.61 Å². The molecule has 0 bridgehead atoms. The third-order valence-electron chi connectivity index (χ3n) is 3.63. The van der Waals surface area contributed by atoms with Crippen molar-refractivity contribution in [3.63, 3.8) is 0 Å². The van der Waals surface area contributed by atoms with Gasteiger partial charge in [0.2, 0.25) is 5.88 Å². The molecule has 0 aromatic carbocycles. The summed E-state index contributed by atoms with van der Waals surface area (Å²) in [5, 5.41) is 11.8. The van der Waals surface area contributed by atoms with Gasteiger partial charge in [0.15, 0.2) is 6.61 Å². The Bertz CT molecular complexity index is 620. The van der Waals surface area contributed by atoms with Gasteiger partial charge in [-0.1, -0.05) is 6.42 Å². The van der Waals surface area contributed by atoms with Crippen molar-refractivity contribution in [3.05, 3.63) is 35.8 Å². The Morgan fingerprint density at radius 1 is 1.23 bits per heavy atom. The third-order valence-corrected chi connectivity index (χ3v) is 3.63. The largest absolute Gasteiger partial charge is 0.467 e. The van der Waals surface area contributed by atoms with Gasteiger partial charge in [-0.15, -0.1) is 10.2 Å². The van der Waals surface area contributed by atoms with E-state index in [1.807, 2.05) is 12.4 Å². The molecule has 0 amide bonds. The van der Waals surface area contributed by atoms with Gasteiger partial charge in [0.1, 0.15) is 0 Å². The van der Waals surface area contributed by atoms with E-state index in [0.29, 0.717) is 18.2 Å². The molecule has 2 aromatic heterocycles. The lowest BCUT2D eigenvalue weighted by molar-refractivity contribution is -0.154. The van der Waals surface area contributed by atoms with Crippen LogP contribution in [0.5, 0.6) is 5.88 Å². The zero-order valence-electron chi connectivity index (χ0n) is 11.8. The van der Waals surface area contributed by atoms with Crippen LogP contribution in [0.15, 0.2) is 24.5 Å². The molecule has 0 unspecified atom stereocenters. The minimum absolute atomic E-state index is 0.142. The van der Waals surface area contributed by atoms with Crippen LogP contribution >= 0.6 is 0 Å². The Kier molecular flexibility index (Phi) is 4.00. The first-order chi connectivity index (χ1) is 10.5. The summed E-state index contributed by atoms with van der Waals surface area (Å²) in [7, 11) is 0. The standard InChI is InChI=1S/C14H15F3N4O/c15-14(16,17)9-22-13-5-4-12(19-20-13)8-21-7-11(6-18-21)10-2-1-3-10/h4-7,10H,1-3,8-9H2. The quantitative estimate of drug-likeness (QED) is 0.852. The molecular formula is C14H15F3N4O. The zero-order chi connectivity index (χ0) is 15.6. The molecule has 118 valence electrons. The van der Waals surface area contributed by atoms with Crippen LogP contribution in [-0.4, -0.2) is 32.8 Å². The summed E-state index contributed by atoms with van der Waals surface area (Å²) in [6.07, 6.45) is 3.14. The van der Waals surface area contributed by atoms with Crippen LogP contribution in [0.3, 0.4) is 0 Å². The molecule has 3 rings (SSSR count). The van der Waals surface area contributed by atoms with Gasteiger partial charge in [0.25, 0.3) is 0 Å². The Morgan fingerprint density at radius 3 is 2.64 bits per heavy atom. The molecule has 1 fully saturated rings. The SMILES string of the molecule is FC(F)(F)COc1ccc(Cn2cc(C3CCC3)cn2)nn1. The summed E-state index contributed by atoms with van der Waals surface area (Å²) in [5.41, 5.74) is 1.84. The van der Waals surface area contributed by atoms with E-state index in [2.05, 4.69) is 20.0 Å². The Balaban J connectivity index is 1.57. The predicted octanol–water partition coefficient (Wildman–Crippen LogP) is 2.93. The van der Waals surface area contributed by atoms with Gasteiger partial charge in [-0.3, -0.25) is 4.68 Å². The van der Waals surface area contributed by atoms with E-state index < -0.39 is 12.8 Å². The fraction of sp³-hybridized carbons (Fsp3) is 0.500. The molecule has 0 saturated heterocycles. The van der Waals surface area contributed by atoms with Crippen LogP contribution in [0.1, 0.15) is 36.4 Å². The topological polar surface area (TPSA) is 52.8 Å². The number of rotatable bonds is 5. The molecule has 0 spiro atoms. The number of halogens is 3. The molecule has 2 heterocycles. The highest BCUT2D eigenvalue weighted by Crippen LogP contribution is 2.35. The Morgan fingerprint density at radius 2 is 2.05 bits per heavy atom. The number of hydrogen-bond donors (Lipinski definition) is 0. The van der Waals surface area contributed by atoms with E-state index in [4.69, 9.17) is 0 Å². The molecular weight excluding hydrogens is 297 g/mol. The van der Waals surface area contributed by atoms with Crippen LogP contribution < -0.4 is 4.74 Å². The lowest BCUT2D eigenvalue weighted by atomic mass is 9.81.